The average molecular weight is 344 g/mol. The molecule has 0 radical (unpaired) electrons. The molecule has 6 nitrogen and oxygen atoms in total. The molecular weight excluding hydrogens is 327 g/mol. The Morgan fingerprint density at radius 2 is 2.12 bits per heavy atom. The maximum atomic E-state index is 13.7. The molecule has 0 aromatic heterocycles. The molecule has 2 amide bonds. The molecule has 2 aromatic rings. The summed E-state index contributed by atoms with van der Waals surface area (Å²) in [4.78, 5) is 23.8. The second-order valence-electron chi connectivity index (χ2n) is 5.65. The Morgan fingerprint density at radius 1 is 1.32 bits per heavy atom. The van der Waals surface area contributed by atoms with Crippen molar-refractivity contribution < 1.29 is 23.5 Å². The Hall–Kier alpha value is -3.09. The van der Waals surface area contributed by atoms with Crippen molar-refractivity contribution in [3.63, 3.8) is 0 Å². The Morgan fingerprint density at radius 3 is 2.84 bits per heavy atom. The number of halogens is 1. The van der Waals surface area contributed by atoms with Gasteiger partial charge in [-0.2, -0.15) is 0 Å². The van der Waals surface area contributed by atoms with E-state index in [0.29, 0.717) is 22.7 Å². The minimum absolute atomic E-state index is 0.0118. The fourth-order valence-electron chi connectivity index (χ4n) is 2.50. The van der Waals surface area contributed by atoms with Crippen LogP contribution in [0.15, 0.2) is 36.4 Å². The highest BCUT2D eigenvalue weighted by Gasteiger charge is 2.23. The number of amides is 2. The summed E-state index contributed by atoms with van der Waals surface area (Å²) in [7, 11) is 1.38. The quantitative estimate of drug-likeness (QED) is 0.894. The number of hydrogen-bond acceptors (Lipinski definition) is 4. The molecule has 1 unspecified atom stereocenters. The van der Waals surface area contributed by atoms with Gasteiger partial charge in [-0.15, -0.1) is 0 Å². The number of anilines is 2. The summed E-state index contributed by atoms with van der Waals surface area (Å²) in [5, 5.41) is 5.43. The molecule has 3 rings (SSSR count). The first-order chi connectivity index (χ1) is 12.0. The third kappa shape index (κ3) is 3.71. The fourth-order valence-corrected chi connectivity index (χ4v) is 2.50. The normalized spacial score (nSPS) is 15.6. The highest BCUT2D eigenvalue weighted by molar-refractivity contribution is 5.99. The maximum absolute atomic E-state index is 13.7. The van der Waals surface area contributed by atoms with Crippen LogP contribution < -0.4 is 20.1 Å². The lowest BCUT2D eigenvalue weighted by Crippen LogP contribution is -2.34. The zero-order valence-corrected chi connectivity index (χ0v) is 13.8. The molecule has 0 fully saturated rings. The number of benzene rings is 2. The lowest BCUT2D eigenvalue weighted by Gasteiger charge is -2.23. The molecule has 7 heteroatoms. The van der Waals surface area contributed by atoms with E-state index in [1.807, 2.05) is 0 Å². The van der Waals surface area contributed by atoms with Crippen molar-refractivity contribution in [1.82, 2.24) is 0 Å². The molecule has 0 spiro atoms. The highest BCUT2D eigenvalue weighted by Crippen LogP contribution is 2.32. The number of ether oxygens (including phenoxy) is 2. The molecule has 1 heterocycles. The van der Waals surface area contributed by atoms with Gasteiger partial charge in [-0.1, -0.05) is 6.07 Å². The van der Waals surface area contributed by atoms with Crippen molar-refractivity contribution in [3.05, 3.63) is 47.8 Å². The van der Waals surface area contributed by atoms with Crippen molar-refractivity contribution in [3.8, 4) is 11.5 Å². The lowest BCUT2D eigenvalue weighted by molar-refractivity contribution is -0.122. The van der Waals surface area contributed by atoms with Crippen LogP contribution in [0, 0.1) is 5.82 Å². The van der Waals surface area contributed by atoms with Gasteiger partial charge in [0.2, 0.25) is 5.91 Å². The standard InChI is InChI=1S/C18H17FN2O4/c1-10-18(23)21-14-9-12(4-6-16(14)25-10)20-17(22)8-11-3-5-15(24-2)13(19)7-11/h3-7,9-10H,8H2,1-2H3,(H,20,22)(H,21,23). The molecule has 0 saturated heterocycles. The van der Waals surface area contributed by atoms with Gasteiger partial charge in [-0.3, -0.25) is 9.59 Å². The van der Waals surface area contributed by atoms with Crippen LogP contribution >= 0.6 is 0 Å². The average Bonchev–Trinajstić information content (AvgIpc) is 2.56. The summed E-state index contributed by atoms with van der Waals surface area (Å²) >= 11 is 0. The highest BCUT2D eigenvalue weighted by atomic mass is 19.1. The predicted molar refractivity (Wildman–Crippen MR) is 90.4 cm³/mol. The number of fused-ring (bicyclic) bond motifs is 1. The van der Waals surface area contributed by atoms with Crippen LogP contribution in [0.3, 0.4) is 0 Å². The number of methoxy groups -OCH3 is 1. The van der Waals surface area contributed by atoms with Crippen LogP contribution in [0.25, 0.3) is 0 Å². The Bertz CT molecular complexity index is 838. The molecule has 1 atom stereocenters. The predicted octanol–water partition coefficient (Wildman–Crippen LogP) is 2.73. The summed E-state index contributed by atoms with van der Waals surface area (Å²) in [6, 6.07) is 9.34. The number of carbonyl (C=O) groups excluding carboxylic acids is 2. The van der Waals surface area contributed by atoms with Gasteiger partial charge in [-0.25, -0.2) is 4.39 Å². The van der Waals surface area contributed by atoms with Crippen molar-refractivity contribution >= 4 is 23.2 Å². The number of rotatable bonds is 4. The first-order valence-electron chi connectivity index (χ1n) is 7.70. The lowest BCUT2D eigenvalue weighted by atomic mass is 10.1. The van der Waals surface area contributed by atoms with Crippen LogP contribution in [0.1, 0.15) is 12.5 Å². The molecule has 0 saturated carbocycles. The van der Waals surface area contributed by atoms with Crippen LogP contribution in [0.4, 0.5) is 15.8 Å². The Labute approximate surface area is 143 Å². The van der Waals surface area contributed by atoms with E-state index in [2.05, 4.69) is 10.6 Å². The second-order valence-corrected chi connectivity index (χ2v) is 5.65. The summed E-state index contributed by atoms with van der Waals surface area (Å²) in [5.41, 5.74) is 1.53. The smallest absolute Gasteiger partial charge is 0.265 e. The largest absolute Gasteiger partial charge is 0.494 e. The molecule has 1 aliphatic rings. The van der Waals surface area contributed by atoms with Crippen molar-refractivity contribution in [2.45, 2.75) is 19.4 Å². The number of hydrogen-bond donors (Lipinski definition) is 2. The van der Waals surface area contributed by atoms with E-state index >= 15 is 0 Å². The Balaban J connectivity index is 1.68. The van der Waals surface area contributed by atoms with Gasteiger partial charge in [0, 0.05) is 5.69 Å². The summed E-state index contributed by atoms with van der Waals surface area (Å²) < 4.78 is 24.0. The molecule has 25 heavy (non-hydrogen) atoms. The molecule has 2 N–H and O–H groups in total. The Kier molecular flexibility index (Phi) is 4.56. The van der Waals surface area contributed by atoms with Crippen LogP contribution in [-0.2, 0) is 16.0 Å². The van der Waals surface area contributed by atoms with Gasteiger partial charge in [-0.05, 0) is 42.8 Å². The van der Waals surface area contributed by atoms with E-state index < -0.39 is 11.9 Å². The minimum atomic E-state index is -0.557. The molecule has 0 aliphatic carbocycles. The van der Waals surface area contributed by atoms with E-state index in [-0.39, 0.29) is 24.0 Å². The second kappa shape index (κ2) is 6.80. The van der Waals surface area contributed by atoms with E-state index in [0.717, 1.165) is 0 Å². The van der Waals surface area contributed by atoms with Crippen LogP contribution in [-0.4, -0.2) is 25.0 Å². The van der Waals surface area contributed by atoms with Gasteiger partial charge < -0.3 is 20.1 Å². The van der Waals surface area contributed by atoms with Crippen molar-refractivity contribution in [1.29, 1.82) is 0 Å². The van der Waals surface area contributed by atoms with Crippen LogP contribution in [0.5, 0.6) is 11.5 Å². The van der Waals surface area contributed by atoms with Gasteiger partial charge in [0.05, 0.1) is 19.2 Å². The summed E-state index contributed by atoms with van der Waals surface area (Å²) in [5.74, 6) is -0.396. The van der Waals surface area contributed by atoms with Gasteiger partial charge in [0.25, 0.3) is 5.91 Å². The van der Waals surface area contributed by atoms with E-state index in [4.69, 9.17) is 9.47 Å². The zero-order valence-electron chi connectivity index (χ0n) is 13.8. The first kappa shape index (κ1) is 16.8. The molecular formula is C18H17FN2O4. The van der Waals surface area contributed by atoms with Crippen molar-refractivity contribution in [2.75, 3.05) is 17.7 Å². The van der Waals surface area contributed by atoms with Gasteiger partial charge >= 0.3 is 0 Å². The summed E-state index contributed by atoms with van der Waals surface area (Å²) in [6.45, 7) is 1.65. The molecule has 2 aromatic carbocycles. The topological polar surface area (TPSA) is 76.7 Å². The minimum Gasteiger partial charge on any atom is -0.494 e. The van der Waals surface area contributed by atoms with Crippen LogP contribution in [0.2, 0.25) is 0 Å². The third-order valence-electron chi connectivity index (χ3n) is 3.78. The fraction of sp³-hybridized carbons (Fsp3) is 0.222. The number of nitrogens with one attached hydrogen (secondary N) is 2. The maximum Gasteiger partial charge on any atom is 0.265 e. The van der Waals surface area contributed by atoms with E-state index in [9.17, 15) is 14.0 Å². The molecule has 0 bridgehead atoms. The van der Waals surface area contributed by atoms with Crippen molar-refractivity contribution in [2.24, 2.45) is 0 Å². The molecule has 130 valence electrons. The van der Waals surface area contributed by atoms with E-state index in [1.165, 1.54) is 19.2 Å². The first-order valence-corrected chi connectivity index (χ1v) is 7.70. The monoisotopic (exact) mass is 344 g/mol. The number of carbonyl (C=O) groups is 2. The SMILES string of the molecule is COc1ccc(CC(=O)Nc2ccc3c(c2)NC(=O)C(C)O3)cc1F. The molecule has 1 aliphatic heterocycles. The van der Waals surface area contributed by atoms with E-state index in [1.54, 1.807) is 31.2 Å². The third-order valence-corrected chi connectivity index (χ3v) is 3.78. The zero-order chi connectivity index (χ0) is 18.0. The van der Waals surface area contributed by atoms with Gasteiger partial charge in [0.15, 0.2) is 17.7 Å². The summed E-state index contributed by atoms with van der Waals surface area (Å²) in [6.07, 6.45) is -0.546. The van der Waals surface area contributed by atoms with Gasteiger partial charge in [0.1, 0.15) is 5.75 Å².